The molecule has 15 heavy (non-hydrogen) atoms. The molecular weight excluding hydrogens is 212 g/mol. The van der Waals surface area contributed by atoms with Gasteiger partial charge in [0.25, 0.3) is 0 Å². The number of rotatable bonds is 3. The van der Waals surface area contributed by atoms with Gasteiger partial charge in [0.05, 0.1) is 6.04 Å². The number of aromatic nitrogens is 3. The molecule has 1 unspecified atom stereocenters. The summed E-state index contributed by atoms with van der Waals surface area (Å²) in [5.74, 6) is 0.690. The van der Waals surface area contributed by atoms with Crippen LogP contribution in [0.15, 0.2) is 30.6 Å². The topological polar surface area (TPSA) is 67.6 Å². The number of aromatic amines is 1. The predicted octanol–water partition coefficient (Wildman–Crippen LogP) is 1.70. The molecule has 0 saturated heterocycles. The smallest absolute Gasteiger partial charge is 0.141 e. The van der Waals surface area contributed by atoms with Crippen LogP contribution in [-0.4, -0.2) is 15.2 Å². The first-order valence-electron chi connectivity index (χ1n) is 4.61. The monoisotopic (exact) mass is 222 g/mol. The van der Waals surface area contributed by atoms with E-state index in [9.17, 15) is 0 Å². The Morgan fingerprint density at radius 3 is 3.00 bits per heavy atom. The van der Waals surface area contributed by atoms with Crippen molar-refractivity contribution >= 4 is 11.6 Å². The van der Waals surface area contributed by atoms with E-state index in [4.69, 9.17) is 17.3 Å². The highest BCUT2D eigenvalue weighted by molar-refractivity contribution is 6.30. The van der Waals surface area contributed by atoms with Crippen LogP contribution >= 0.6 is 11.6 Å². The Morgan fingerprint density at radius 2 is 2.33 bits per heavy atom. The molecule has 2 aromatic rings. The predicted molar refractivity (Wildman–Crippen MR) is 58.5 cm³/mol. The molecule has 0 radical (unpaired) electrons. The average Bonchev–Trinajstić information content (AvgIpc) is 2.70. The second-order valence-electron chi connectivity index (χ2n) is 3.31. The maximum absolute atomic E-state index is 5.94. The molecule has 0 saturated carbocycles. The molecule has 78 valence electrons. The van der Waals surface area contributed by atoms with Gasteiger partial charge in [-0.2, -0.15) is 5.10 Å². The Morgan fingerprint density at radius 1 is 1.47 bits per heavy atom. The zero-order valence-corrected chi connectivity index (χ0v) is 8.78. The maximum Gasteiger partial charge on any atom is 0.141 e. The maximum atomic E-state index is 5.94. The Labute approximate surface area is 92.5 Å². The van der Waals surface area contributed by atoms with Crippen molar-refractivity contribution in [1.29, 1.82) is 0 Å². The van der Waals surface area contributed by atoms with Gasteiger partial charge in [0.2, 0.25) is 0 Å². The van der Waals surface area contributed by atoms with Gasteiger partial charge in [-0.05, 0) is 24.1 Å². The third kappa shape index (κ3) is 2.55. The first-order valence-corrected chi connectivity index (χ1v) is 4.99. The number of hydrogen-bond acceptors (Lipinski definition) is 3. The fourth-order valence-corrected chi connectivity index (χ4v) is 1.62. The van der Waals surface area contributed by atoms with E-state index >= 15 is 0 Å². The zero-order valence-electron chi connectivity index (χ0n) is 8.02. The van der Waals surface area contributed by atoms with Crippen LogP contribution in [0.25, 0.3) is 0 Å². The number of nitrogens with zero attached hydrogens (tertiary/aromatic N) is 2. The molecule has 1 aromatic heterocycles. The van der Waals surface area contributed by atoms with Crippen LogP contribution in [0.1, 0.15) is 17.4 Å². The van der Waals surface area contributed by atoms with Gasteiger partial charge in [0.15, 0.2) is 0 Å². The lowest BCUT2D eigenvalue weighted by molar-refractivity contribution is 0.671. The van der Waals surface area contributed by atoms with Crippen molar-refractivity contribution in [3.05, 3.63) is 47.0 Å². The molecule has 0 aliphatic carbocycles. The molecule has 0 aliphatic rings. The molecule has 4 nitrogen and oxygen atoms in total. The van der Waals surface area contributed by atoms with E-state index < -0.39 is 0 Å². The summed E-state index contributed by atoms with van der Waals surface area (Å²) in [4.78, 5) is 4.01. The lowest BCUT2D eigenvalue weighted by Gasteiger charge is -2.08. The minimum absolute atomic E-state index is 0.175. The molecule has 1 heterocycles. The molecule has 2 rings (SSSR count). The largest absolute Gasteiger partial charge is 0.321 e. The van der Waals surface area contributed by atoms with E-state index in [1.54, 1.807) is 0 Å². The SMILES string of the molecule is NC(Cc1cccc(Cl)c1)c1ncn[nH]1. The molecule has 0 bridgehead atoms. The number of nitrogens with two attached hydrogens (primary N) is 1. The van der Waals surface area contributed by atoms with Crippen molar-refractivity contribution in [2.24, 2.45) is 5.73 Å². The molecule has 0 fully saturated rings. The summed E-state index contributed by atoms with van der Waals surface area (Å²) in [6.45, 7) is 0. The zero-order chi connectivity index (χ0) is 10.7. The Bertz CT molecular complexity index is 427. The van der Waals surface area contributed by atoms with Gasteiger partial charge in [0.1, 0.15) is 12.2 Å². The van der Waals surface area contributed by atoms with E-state index in [2.05, 4.69) is 15.2 Å². The van der Waals surface area contributed by atoms with Gasteiger partial charge in [-0.1, -0.05) is 23.7 Å². The minimum Gasteiger partial charge on any atom is -0.321 e. The average molecular weight is 223 g/mol. The molecule has 5 heteroatoms. The Kier molecular flexibility index (Phi) is 2.99. The third-order valence-corrected chi connectivity index (χ3v) is 2.36. The van der Waals surface area contributed by atoms with Crippen LogP contribution in [0.2, 0.25) is 5.02 Å². The molecule has 3 N–H and O–H groups in total. The van der Waals surface area contributed by atoms with Gasteiger partial charge < -0.3 is 5.73 Å². The van der Waals surface area contributed by atoms with Gasteiger partial charge in [-0.15, -0.1) is 0 Å². The van der Waals surface area contributed by atoms with E-state index in [1.165, 1.54) is 6.33 Å². The van der Waals surface area contributed by atoms with Crippen molar-refractivity contribution in [1.82, 2.24) is 15.2 Å². The van der Waals surface area contributed by atoms with Gasteiger partial charge >= 0.3 is 0 Å². The summed E-state index contributed by atoms with van der Waals surface area (Å²) in [5.41, 5.74) is 7.03. The molecule has 1 atom stereocenters. The number of nitrogens with one attached hydrogen (secondary N) is 1. The van der Waals surface area contributed by atoms with Crippen molar-refractivity contribution in [3.63, 3.8) is 0 Å². The first-order chi connectivity index (χ1) is 7.25. The fraction of sp³-hybridized carbons (Fsp3) is 0.200. The van der Waals surface area contributed by atoms with Crippen LogP contribution in [0.4, 0.5) is 0 Å². The fourth-order valence-electron chi connectivity index (χ4n) is 1.41. The summed E-state index contributed by atoms with van der Waals surface area (Å²) in [5, 5.41) is 7.23. The Balaban J connectivity index is 2.09. The van der Waals surface area contributed by atoms with Crippen molar-refractivity contribution in [2.75, 3.05) is 0 Å². The van der Waals surface area contributed by atoms with E-state index in [0.717, 1.165) is 10.6 Å². The molecule has 0 aliphatic heterocycles. The van der Waals surface area contributed by atoms with Crippen molar-refractivity contribution in [3.8, 4) is 0 Å². The third-order valence-electron chi connectivity index (χ3n) is 2.13. The van der Waals surface area contributed by atoms with Crippen LogP contribution < -0.4 is 5.73 Å². The van der Waals surface area contributed by atoms with Gasteiger partial charge in [-0.25, -0.2) is 4.98 Å². The van der Waals surface area contributed by atoms with Crippen LogP contribution in [0.3, 0.4) is 0 Å². The van der Waals surface area contributed by atoms with Gasteiger partial charge in [0, 0.05) is 5.02 Å². The Hall–Kier alpha value is -1.39. The van der Waals surface area contributed by atoms with E-state index in [-0.39, 0.29) is 6.04 Å². The number of hydrogen-bond donors (Lipinski definition) is 2. The normalized spacial score (nSPS) is 12.7. The number of benzene rings is 1. The molecule has 1 aromatic carbocycles. The van der Waals surface area contributed by atoms with E-state index in [1.807, 2.05) is 24.3 Å². The minimum atomic E-state index is -0.175. The number of halogens is 1. The van der Waals surface area contributed by atoms with Crippen LogP contribution in [0, 0.1) is 0 Å². The second-order valence-corrected chi connectivity index (χ2v) is 3.75. The summed E-state index contributed by atoms with van der Waals surface area (Å²) in [6, 6.07) is 7.46. The van der Waals surface area contributed by atoms with Crippen molar-refractivity contribution < 1.29 is 0 Å². The van der Waals surface area contributed by atoms with Crippen LogP contribution in [-0.2, 0) is 6.42 Å². The highest BCUT2D eigenvalue weighted by Crippen LogP contribution is 2.15. The van der Waals surface area contributed by atoms with Crippen LogP contribution in [0.5, 0.6) is 0 Å². The summed E-state index contributed by atoms with van der Waals surface area (Å²) < 4.78 is 0. The second kappa shape index (κ2) is 4.42. The first kappa shape index (κ1) is 10.1. The van der Waals surface area contributed by atoms with E-state index in [0.29, 0.717) is 12.2 Å². The lowest BCUT2D eigenvalue weighted by atomic mass is 10.1. The number of H-pyrrole nitrogens is 1. The highest BCUT2D eigenvalue weighted by atomic mass is 35.5. The lowest BCUT2D eigenvalue weighted by Crippen LogP contribution is -2.15. The quantitative estimate of drug-likeness (QED) is 0.831. The standard InChI is InChI=1S/C10H11ClN4/c11-8-3-1-2-7(4-8)5-9(12)10-13-6-14-15-10/h1-4,6,9H,5,12H2,(H,13,14,15). The summed E-state index contributed by atoms with van der Waals surface area (Å²) in [7, 11) is 0. The highest BCUT2D eigenvalue weighted by Gasteiger charge is 2.09. The summed E-state index contributed by atoms with van der Waals surface area (Å²) in [6.07, 6.45) is 2.14. The van der Waals surface area contributed by atoms with Crippen molar-refractivity contribution in [2.45, 2.75) is 12.5 Å². The molecule has 0 amide bonds. The van der Waals surface area contributed by atoms with Gasteiger partial charge in [-0.3, -0.25) is 5.10 Å². The molecular formula is C10H11ClN4. The molecule has 0 spiro atoms. The summed E-state index contributed by atoms with van der Waals surface area (Å²) >= 11 is 5.88.